The predicted molar refractivity (Wildman–Crippen MR) is 139 cm³/mol. The van der Waals surface area contributed by atoms with Crippen molar-refractivity contribution in [2.75, 3.05) is 61.8 Å². The lowest BCUT2D eigenvalue weighted by Gasteiger charge is -2.41. The fraction of sp³-hybridized carbons (Fsp3) is 0.857. The van der Waals surface area contributed by atoms with Crippen LogP contribution < -0.4 is 0 Å². The van der Waals surface area contributed by atoms with E-state index in [0.29, 0.717) is 26.2 Å². The van der Waals surface area contributed by atoms with Crippen LogP contribution in [-0.2, 0) is 61.8 Å². The fourth-order valence-electron chi connectivity index (χ4n) is 6.15. The van der Waals surface area contributed by atoms with Gasteiger partial charge >= 0.3 is 11.9 Å². The monoisotopic (exact) mass is 588 g/mol. The van der Waals surface area contributed by atoms with E-state index in [2.05, 4.69) is 0 Å². The largest absolute Gasteiger partial charge is 0.468 e. The molecule has 0 radical (unpaired) electrons. The number of hydrogen-bond donors (Lipinski definition) is 0. The molecule has 1 aliphatic carbocycles. The lowest BCUT2D eigenvalue weighted by atomic mass is 9.64. The number of methoxy groups -OCH3 is 4. The van der Waals surface area contributed by atoms with Crippen molar-refractivity contribution in [1.82, 2.24) is 0 Å². The number of carbonyl (C=O) groups is 4. The molecule has 3 fully saturated rings. The maximum absolute atomic E-state index is 14.2. The molecule has 0 aromatic carbocycles. The van der Waals surface area contributed by atoms with E-state index in [4.69, 9.17) is 42.6 Å². The summed E-state index contributed by atoms with van der Waals surface area (Å²) in [5.41, 5.74) is -0.547. The van der Waals surface area contributed by atoms with Crippen LogP contribution >= 0.6 is 0 Å². The zero-order valence-corrected chi connectivity index (χ0v) is 24.8. The molecule has 0 N–H and O–H groups in total. The molecule has 13 nitrogen and oxygen atoms in total. The number of ketones is 1. The number of esters is 2. The Bertz CT molecular complexity index is 881. The Kier molecular flexibility index (Phi) is 12.2. The minimum Gasteiger partial charge on any atom is -0.468 e. The summed E-state index contributed by atoms with van der Waals surface area (Å²) in [5.74, 6) is -7.40. The fourth-order valence-corrected chi connectivity index (χ4v) is 6.15. The first kappa shape index (κ1) is 33.5. The SMILES string of the molecule is COCOC(CC1(C)OCCO1)C(CC(=O)[C@@H]1C[C@H](OCOC)C[C@@H](C2(C)CO2)[C@@H]1C=O)C(C(=O)OC)C(=O)OC. The van der Waals surface area contributed by atoms with Crippen molar-refractivity contribution in [3.63, 3.8) is 0 Å². The first-order valence-corrected chi connectivity index (χ1v) is 13.8. The molecule has 1 saturated carbocycles. The number of aldehydes is 1. The van der Waals surface area contributed by atoms with Gasteiger partial charge in [0.25, 0.3) is 0 Å². The van der Waals surface area contributed by atoms with E-state index >= 15 is 0 Å². The van der Waals surface area contributed by atoms with Gasteiger partial charge in [-0.2, -0.15) is 0 Å². The van der Waals surface area contributed by atoms with Crippen LogP contribution in [0.3, 0.4) is 0 Å². The molecule has 3 rings (SSSR count). The topological polar surface area (TPSA) is 155 Å². The van der Waals surface area contributed by atoms with Crippen LogP contribution in [0.15, 0.2) is 0 Å². The molecule has 0 aromatic heterocycles. The zero-order chi connectivity index (χ0) is 30.2. The Morgan fingerprint density at radius 2 is 1.54 bits per heavy atom. The van der Waals surface area contributed by atoms with Crippen LogP contribution in [0.1, 0.15) is 39.5 Å². The molecule has 13 heteroatoms. The number of Topliss-reactive ketones (excluding diaryl/α,β-unsaturated/α-hetero) is 1. The molecule has 0 amide bonds. The second-order valence-corrected chi connectivity index (χ2v) is 11.2. The summed E-state index contributed by atoms with van der Waals surface area (Å²) in [6.45, 7) is 4.65. The second kappa shape index (κ2) is 14.9. The average molecular weight is 589 g/mol. The van der Waals surface area contributed by atoms with Gasteiger partial charge in [0.2, 0.25) is 0 Å². The standard InChI is InChI=1S/C28H44O13/c1-27(14-41-27)21-10-17(37-15-33-3)9-18(20(21)13-29)22(30)11-19(24(25(31)35-5)26(32)36-6)23(38-16-34-4)12-28(2)39-7-8-40-28/h13,17-21,23-24H,7-12,14-16H2,1-6H3/t17-,18+,19?,20+,21+,23?,27?/m0/s1. The van der Waals surface area contributed by atoms with Crippen molar-refractivity contribution in [2.24, 2.45) is 29.6 Å². The van der Waals surface area contributed by atoms with Crippen molar-refractivity contribution >= 4 is 24.0 Å². The van der Waals surface area contributed by atoms with E-state index in [0.717, 1.165) is 20.5 Å². The highest BCUT2D eigenvalue weighted by atomic mass is 16.7. The maximum atomic E-state index is 14.2. The summed E-state index contributed by atoms with van der Waals surface area (Å²) in [6, 6.07) is 0. The van der Waals surface area contributed by atoms with Gasteiger partial charge < -0.3 is 47.4 Å². The molecule has 7 atom stereocenters. The van der Waals surface area contributed by atoms with Gasteiger partial charge in [-0.3, -0.25) is 14.4 Å². The van der Waals surface area contributed by atoms with Crippen LogP contribution in [0.5, 0.6) is 0 Å². The van der Waals surface area contributed by atoms with Gasteiger partial charge in [0.1, 0.15) is 25.7 Å². The van der Waals surface area contributed by atoms with E-state index in [1.807, 2.05) is 6.92 Å². The molecule has 0 aromatic rings. The summed E-state index contributed by atoms with van der Waals surface area (Å²) in [5, 5.41) is 0. The normalized spacial score (nSPS) is 30.4. The van der Waals surface area contributed by atoms with E-state index in [9.17, 15) is 19.2 Å². The molecule has 2 heterocycles. The quantitative estimate of drug-likeness (QED) is 0.0788. The Hall–Kier alpha value is -2.00. The van der Waals surface area contributed by atoms with Gasteiger partial charge in [-0.25, -0.2) is 0 Å². The molecule has 41 heavy (non-hydrogen) atoms. The minimum atomic E-state index is -1.50. The van der Waals surface area contributed by atoms with Crippen LogP contribution in [0, 0.1) is 29.6 Å². The smallest absolute Gasteiger partial charge is 0.320 e. The Balaban J connectivity index is 1.98. The van der Waals surface area contributed by atoms with Gasteiger partial charge in [0, 0.05) is 50.7 Å². The lowest BCUT2D eigenvalue weighted by Crippen LogP contribution is -2.49. The van der Waals surface area contributed by atoms with Gasteiger partial charge in [-0.05, 0) is 26.7 Å². The van der Waals surface area contributed by atoms with Gasteiger partial charge in [0.15, 0.2) is 11.7 Å². The van der Waals surface area contributed by atoms with E-state index in [1.54, 1.807) is 6.92 Å². The van der Waals surface area contributed by atoms with Gasteiger partial charge in [-0.15, -0.1) is 0 Å². The Morgan fingerprint density at radius 1 is 0.927 bits per heavy atom. The zero-order valence-electron chi connectivity index (χ0n) is 24.8. The number of hydrogen-bond acceptors (Lipinski definition) is 13. The van der Waals surface area contributed by atoms with Crippen molar-refractivity contribution in [2.45, 2.75) is 63.1 Å². The third kappa shape index (κ3) is 8.31. The molecule has 2 aliphatic heterocycles. The van der Waals surface area contributed by atoms with Crippen molar-refractivity contribution in [3.05, 3.63) is 0 Å². The van der Waals surface area contributed by atoms with E-state index in [-0.39, 0.29) is 50.7 Å². The minimum absolute atomic E-state index is 0.0303. The molecule has 0 bridgehead atoms. The molecule has 234 valence electrons. The van der Waals surface area contributed by atoms with Crippen LogP contribution in [0.4, 0.5) is 0 Å². The summed E-state index contributed by atoms with van der Waals surface area (Å²) in [4.78, 5) is 52.6. The van der Waals surface area contributed by atoms with E-state index < -0.39 is 53.1 Å². The summed E-state index contributed by atoms with van der Waals surface area (Å²) in [6.07, 6.45) is 0.0882. The number of ether oxygens (including phenoxy) is 9. The lowest BCUT2D eigenvalue weighted by molar-refractivity contribution is -0.198. The Labute approximate surface area is 240 Å². The first-order valence-electron chi connectivity index (χ1n) is 13.8. The highest BCUT2D eigenvalue weighted by Crippen LogP contribution is 2.49. The average Bonchev–Trinajstić information content (AvgIpc) is 3.58. The second-order valence-electron chi connectivity index (χ2n) is 11.2. The number of epoxide rings is 1. The Morgan fingerprint density at radius 3 is 2.05 bits per heavy atom. The predicted octanol–water partition coefficient (Wildman–Crippen LogP) is 1.29. The number of rotatable bonds is 17. The first-order chi connectivity index (χ1) is 19.6. The maximum Gasteiger partial charge on any atom is 0.320 e. The molecule has 0 spiro atoms. The molecule has 2 saturated heterocycles. The van der Waals surface area contributed by atoms with Crippen molar-refractivity contribution < 1.29 is 61.8 Å². The van der Waals surface area contributed by atoms with Crippen LogP contribution in [0.2, 0.25) is 0 Å². The molecular formula is C28H44O13. The summed E-state index contributed by atoms with van der Waals surface area (Å²) >= 11 is 0. The van der Waals surface area contributed by atoms with Crippen molar-refractivity contribution in [3.8, 4) is 0 Å². The number of carbonyl (C=O) groups excluding carboxylic acids is 4. The summed E-state index contributed by atoms with van der Waals surface area (Å²) in [7, 11) is 5.23. The van der Waals surface area contributed by atoms with Crippen LogP contribution in [0.25, 0.3) is 0 Å². The van der Waals surface area contributed by atoms with Crippen molar-refractivity contribution in [1.29, 1.82) is 0 Å². The van der Waals surface area contributed by atoms with Gasteiger partial charge in [-0.1, -0.05) is 0 Å². The highest BCUT2D eigenvalue weighted by Gasteiger charge is 2.56. The molecule has 3 aliphatic rings. The molecular weight excluding hydrogens is 544 g/mol. The van der Waals surface area contributed by atoms with E-state index in [1.165, 1.54) is 14.2 Å². The third-order valence-electron chi connectivity index (χ3n) is 8.46. The van der Waals surface area contributed by atoms with Crippen LogP contribution in [-0.4, -0.2) is 109 Å². The highest BCUT2D eigenvalue weighted by molar-refractivity contribution is 5.96. The summed E-state index contributed by atoms with van der Waals surface area (Å²) < 4.78 is 49.2. The molecule has 3 unspecified atom stereocenters. The van der Waals surface area contributed by atoms with Gasteiger partial charge in [0.05, 0.1) is 51.8 Å². The third-order valence-corrected chi connectivity index (χ3v) is 8.46.